The number of nitrogens with zero attached hydrogens (tertiary/aromatic N) is 2. The lowest BCUT2D eigenvalue weighted by atomic mass is 10.2. The molecule has 0 bridgehead atoms. The molecular weight excluding hydrogens is 450 g/mol. The number of benzene rings is 3. The Labute approximate surface area is 180 Å². The van der Waals surface area contributed by atoms with Crippen molar-refractivity contribution in [3.63, 3.8) is 0 Å². The highest BCUT2D eigenvalue weighted by Crippen LogP contribution is 2.24. The Balaban J connectivity index is 1.27. The fourth-order valence-corrected chi connectivity index (χ4v) is 2.85. The maximum Gasteiger partial charge on any atom is 0.262 e. The lowest BCUT2D eigenvalue weighted by molar-refractivity contribution is -0.118. The molecule has 0 aliphatic rings. The quantitative estimate of drug-likeness (QED) is 0.397. The molecule has 0 saturated carbocycles. The zero-order chi connectivity index (χ0) is 20.8. The van der Waals surface area contributed by atoms with Crippen LogP contribution in [0.25, 0.3) is 11.5 Å². The summed E-state index contributed by atoms with van der Waals surface area (Å²) in [4.78, 5) is 12.1. The van der Waals surface area contributed by atoms with E-state index in [2.05, 4.69) is 31.4 Å². The van der Waals surface area contributed by atoms with E-state index in [0.29, 0.717) is 23.1 Å². The van der Waals surface area contributed by atoms with E-state index < -0.39 is 0 Å². The van der Waals surface area contributed by atoms with Gasteiger partial charge in [0.05, 0.1) is 0 Å². The SMILES string of the molecule is O=C(COc1ccc(-c2nnco2)cc1)Nc1ccc(Oc2ccc(Br)cc2)cc1. The molecule has 0 atom stereocenters. The van der Waals surface area contributed by atoms with Crippen molar-refractivity contribution in [2.45, 2.75) is 0 Å². The van der Waals surface area contributed by atoms with Gasteiger partial charge in [0.15, 0.2) is 6.61 Å². The number of rotatable bonds is 7. The number of anilines is 1. The maximum atomic E-state index is 12.1. The van der Waals surface area contributed by atoms with Crippen molar-refractivity contribution in [2.24, 2.45) is 0 Å². The molecule has 0 saturated heterocycles. The van der Waals surface area contributed by atoms with Gasteiger partial charge in [-0.25, -0.2) is 0 Å². The molecule has 8 heteroatoms. The number of nitrogens with one attached hydrogen (secondary N) is 1. The van der Waals surface area contributed by atoms with Crippen molar-refractivity contribution >= 4 is 27.5 Å². The minimum Gasteiger partial charge on any atom is -0.484 e. The topological polar surface area (TPSA) is 86.5 Å². The standard InChI is InChI=1S/C22H16BrN3O4/c23-16-3-9-19(10-4-16)30-20-11-5-17(6-12-20)25-21(27)13-28-18-7-1-15(2-8-18)22-26-24-14-29-22/h1-12,14H,13H2,(H,25,27). The summed E-state index contributed by atoms with van der Waals surface area (Å²) in [5.41, 5.74) is 1.42. The molecule has 30 heavy (non-hydrogen) atoms. The van der Waals surface area contributed by atoms with E-state index in [0.717, 1.165) is 15.8 Å². The Bertz CT molecular complexity index is 1100. The van der Waals surface area contributed by atoms with Gasteiger partial charge in [0.2, 0.25) is 12.3 Å². The second-order valence-electron chi connectivity index (χ2n) is 6.19. The van der Waals surface area contributed by atoms with Crippen molar-refractivity contribution < 1.29 is 18.7 Å². The van der Waals surface area contributed by atoms with Crippen molar-refractivity contribution in [3.8, 4) is 28.7 Å². The molecule has 150 valence electrons. The Hall–Kier alpha value is -3.65. The number of amides is 1. The van der Waals surface area contributed by atoms with Gasteiger partial charge in [-0.1, -0.05) is 15.9 Å². The van der Waals surface area contributed by atoms with E-state index in [1.54, 1.807) is 48.5 Å². The minimum absolute atomic E-state index is 0.114. The van der Waals surface area contributed by atoms with E-state index in [1.165, 1.54) is 6.39 Å². The third-order valence-electron chi connectivity index (χ3n) is 4.02. The van der Waals surface area contributed by atoms with Gasteiger partial charge in [-0.15, -0.1) is 10.2 Å². The zero-order valence-corrected chi connectivity index (χ0v) is 17.2. The summed E-state index contributed by atoms with van der Waals surface area (Å²) >= 11 is 3.39. The largest absolute Gasteiger partial charge is 0.484 e. The molecule has 1 amide bonds. The van der Waals surface area contributed by atoms with E-state index in [1.807, 2.05) is 24.3 Å². The van der Waals surface area contributed by atoms with Crippen LogP contribution in [0.1, 0.15) is 0 Å². The molecule has 0 spiro atoms. The second-order valence-corrected chi connectivity index (χ2v) is 7.10. The van der Waals surface area contributed by atoms with Crippen molar-refractivity contribution in [3.05, 3.63) is 83.7 Å². The average Bonchev–Trinajstić information content (AvgIpc) is 3.31. The summed E-state index contributed by atoms with van der Waals surface area (Å²) < 4.78 is 17.4. The molecule has 7 nitrogen and oxygen atoms in total. The predicted molar refractivity (Wildman–Crippen MR) is 115 cm³/mol. The van der Waals surface area contributed by atoms with Crippen LogP contribution in [0.15, 0.2) is 88.1 Å². The summed E-state index contributed by atoms with van der Waals surface area (Å²) in [6.07, 6.45) is 1.27. The normalized spacial score (nSPS) is 10.4. The van der Waals surface area contributed by atoms with Crippen LogP contribution in [0.3, 0.4) is 0 Å². The Morgan fingerprint density at radius 2 is 1.53 bits per heavy atom. The summed E-state index contributed by atoms with van der Waals surface area (Å²) in [6.45, 7) is -0.114. The van der Waals surface area contributed by atoms with Crippen LogP contribution in [0, 0.1) is 0 Å². The highest BCUT2D eigenvalue weighted by atomic mass is 79.9. The van der Waals surface area contributed by atoms with Crippen molar-refractivity contribution in [1.29, 1.82) is 0 Å². The third-order valence-corrected chi connectivity index (χ3v) is 4.55. The Kier molecular flexibility index (Phi) is 6.05. The molecule has 3 aromatic carbocycles. The Morgan fingerprint density at radius 3 is 2.17 bits per heavy atom. The lowest BCUT2D eigenvalue weighted by Crippen LogP contribution is -2.20. The smallest absolute Gasteiger partial charge is 0.262 e. The first-order chi connectivity index (χ1) is 14.7. The number of carbonyl (C=O) groups is 1. The molecule has 0 unspecified atom stereocenters. The van der Waals surface area contributed by atoms with Crippen LogP contribution in [0.4, 0.5) is 5.69 Å². The number of ether oxygens (including phenoxy) is 2. The van der Waals surface area contributed by atoms with Crippen LogP contribution >= 0.6 is 15.9 Å². The van der Waals surface area contributed by atoms with Gasteiger partial charge in [0, 0.05) is 15.7 Å². The summed E-state index contributed by atoms with van der Waals surface area (Å²) in [5.74, 6) is 2.12. The first kappa shape index (κ1) is 19.7. The predicted octanol–water partition coefficient (Wildman–Crippen LogP) is 5.31. The summed E-state index contributed by atoms with van der Waals surface area (Å²) in [7, 11) is 0. The van der Waals surface area contributed by atoms with Crippen LogP contribution < -0.4 is 14.8 Å². The van der Waals surface area contributed by atoms with E-state index in [-0.39, 0.29) is 12.5 Å². The van der Waals surface area contributed by atoms with Gasteiger partial charge in [-0.05, 0) is 72.8 Å². The van der Waals surface area contributed by atoms with Gasteiger partial charge in [-0.2, -0.15) is 0 Å². The molecule has 0 aliphatic carbocycles. The number of halogens is 1. The summed E-state index contributed by atoms with van der Waals surface area (Å²) in [5, 5.41) is 10.3. The molecule has 4 aromatic rings. The van der Waals surface area contributed by atoms with Gasteiger partial charge >= 0.3 is 0 Å². The van der Waals surface area contributed by atoms with Crippen LogP contribution in [0.5, 0.6) is 17.2 Å². The van der Waals surface area contributed by atoms with Gasteiger partial charge in [-0.3, -0.25) is 4.79 Å². The minimum atomic E-state index is -0.266. The maximum absolute atomic E-state index is 12.1. The molecule has 0 radical (unpaired) electrons. The van der Waals surface area contributed by atoms with Crippen LogP contribution in [0.2, 0.25) is 0 Å². The van der Waals surface area contributed by atoms with Gasteiger partial charge in [0.25, 0.3) is 5.91 Å². The molecule has 1 N–H and O–H groups in total. The first-order valence-corrected chi connectivity index (χ1v) is 9.78. The molecule has 1 heterocycles. The highest BCUT2D eigenvalue weighted by Gasteiger charge is 2.07. The Morgan fingerprint density at radius 1 is 0.900 bits per heavy atom. The van der Waals surface area contributed by atoms with Crippen LogP contribution in [-0.4, -0.2) is 22.7 Å². The number of hydrogen-bond donors (Lipinski definition) is 1. The van der Waals surface area contributed by atoms with Crippen molar-refractivity contribution in [2.75, 3.05) is 11.9 Å². The van der Waals surface area contributed by atoms with Crippen molar-refractivity contribution in [1.82, 2.24) is 10.2 Å². The number of aromatic nitrogens is 2. The fourth-order valence-electron chi connectivity index (χ4n) is 2.58. The number of carbonyl (C=O) groups excluding carboxylic acids is 1. The lowest BCUT2D eigenvalue weighted by Gasteiger charge is -2.09. The summed E-state index contributed by atoms with van der Waals surface area (Å²) in [6, 6.07) is 21.7. The molecule has 4 rings (SSSR count). The van der Waals surface area contributed by atoms with E-state index >= 15 is 0 Å². The van der Waals surface area contributed by atoms with Gasteiger partial charge in [0.1, 0.15) is 17.2 Å². The monoisotopic (exact) mass is 465 g/mol. The molecule has 0 aliphatic heterocycles. The van der Waals surface area contributed by atoms with Gasteiger partial charge < -0.3 is 19.2 Å². The first-order valence-electron chi connectivity index (χ1n) is 8.98. The molecule has 1 aromatic heterocycles. The number of hydrogen-bond acceptors (Lipinski definition) is 6. The second kappa shape index (κ2) is 9.23. The van der Waals surface area contributed by atoms with E-state index in [9.17, 15) is 4.79 Å². The van der Waals surface area contributed by atoms with Crippen LogP contribution in [-0.2, 0) is 4.79 Å². The zero-order valence-electron chi connectivity index (χ0n) is 15.6. The fraction of sp³-hybridized carbons (Fsp3) is 0.0455. The molecule has 0 fully saturated rings. The van der Waals surface area contributed by atoms with E-state index in [4.69, 9.17) is 13.9 Å². The average molecular weight is 466 g/mol. The highest BCUT2D eigenvalue weighted by molar-refractivity contribution is 9.10. The third kappa shape index (κ3) is 5.24. The molecular formula is C22H16BrN3O4.